The standard InChI is InChI=1S/C8H17N3O5S2/c1-17(13,14)6-18(15,16)11(7-2-3-7)5-4-8(9)10-12/h7,12H,2-6H2,1H3,(H2,9,10). The third-order valence-electron chi connectivity index (χ3n) is 2.39. The molecule has 0 saturated heterocycles. The molecule has 0 aliphatic heterocycles. The van der Waals surface area contributed by atoms with Crippen LogP contribution in [0, 0.1) is 0 Å². The van der Waals surface area contributed by atoms with Crippen LogP contribution in [0.5, 0.6) is 0 Å². The van der Waals surface area contributed by atoms with E-state index < -0.39 is 24.9 Å². The van der Waals surface area contributed by atoms with Crippen molar-refractivity contribution in [3.05, 3.63) is 0 Å². The van der Waals surface area contributed by atoms with Crippen molar-refractivity contribution >= 4 is 25.7 Å². The number of hydrogen-bond acceptors (Lipinski definition) is 6. The number of sulfone groups is 1. The van der Waals surface area contributed by atoms with Crippen LogP contribution in [0.4, 0.5) is 0 Å². The van der Waals surface area contributed by atoms with E-state index >= 15 is 0 Å². The van der Waals surface area contributed by atoms with E-state index in [1.54, 1.807) is 0 Å². The number of nitrogens with zero attached hydrogens (tertiary/aromatic N) is 2. The van der Waals surface area contributed by atoms with Crippen molar-refractivity contribution in [2.24, 2.45) is 10.9 Å². The molecule has 0 spiro atoms. The van der Waals surface area contributed by atoms with Gasteiger partial charge in [-0.25, -0.2) is 16.8 Å². The molecular formula is C8H17N3O5S2. The van der Waals surface area contributed by atoms with E-state index in [9.17, 15) is 16.8 Å². The molecule has 0 atom stereocenters. The molecule has 0 aromatic rings. The van der Waals surface area contributed by atoms with Crippen molar-refractivity contribution < 1.29 is 22.0 Å². The van der Waals surface area contributed by atoms with Gasteiger partial charge in [0.25, 0.3) is 0 Å². The highest BCUT2D eigenvalue weighted by Gasteiger charge is 2.38. The van der Waals surface area contributed by atoms with E-state index in [0.29, 0.717) is 12.8 Å². The molecule has 0 heterocycles. The quantitative estimate of drug-likeness (QED) is 0.266. The van der Waals surface area contributed by atoms with Gasteiger partial charge in [0.2, 0.25) is 10.0 Å². The highest BCUT2D eigenvalue weighted by atomic mass is 32.3. The molecule has 8 nitrogen and oxygen atoms in total. The van der Waals surface area contributed by atoms with Crippen LogP contribution in [0.15, 0.2) is 5.16 Å². The van der Waals surface area contributed by atoms with Crippen molar-refractivity contribution in [2.75, 3.05) is 17.9 Å². The van der Waals surface area contributed by atoms with Crippen molar-refractivity contribution in [3.8, 4) is 0 Å². The van der Waals surface area contributed by atoms with Gasteiger partial charge >= 0.3 is 0 Å². The van der Waals surface area contributed by atoms with Crippen molar-refractivity contribution in [3.63, 3.8) is 0 Å². The number of sulfonamides is 1. The number of rotatable bonds is 7. The van der Waals surface area contributed by atoms with Crippen LogP contribution in [0.3, 0.4) is 0 Å². The summed E-state index contributed by atoms with van der Waals surface area (Å²) in [5.41, 5.74) is 5.27. The lowest BCUT2D eigenvalue weighted by molar-refractivity contribution is 0.315. The second kappa shape index (κ2) is 5.41. The van der Waals surface area contributed by atoms with Gasteiger partial charge in [-0.15, -0.1) is 0 Å². The topological polar surface area (TPSA) is 130 Å². The van der Waals surface area contributed by atoms with E-state index in [2.05, 4.69) is 5.16 Å². The molecule has 1 aliphatic rings. The first-order valence-electron chi connectivity index (χ1n) is 5.29. The summed E-state index contributed by atoms with van der Waals surface area (Å²) in [7, 11) is -7.48. The monoisotopic (exact) mass is 299 g/mol. The Morgan fingerprint density at radius 3 is 2.33 bits per heavy atom. The molecule has 18 heavy (non-hydrogen) atoms. The molecule has 1 aliphatic carbocycles. The average Bonchev–Trinajstić information content (AvgIpc) is 2.97. The number of oxime groups is 1. The predicted molar refractivity (Wildman–Crippen MR) is 66.4 cm³/mol. The normalized spacial score (nSPS) is 18.2. The van der Waals surface area contributed by atoms with Gasteiger partial charge in [-0.2, -0.15) is 4.31 Å². The van der Waals surface area contributed by atoms with E-state index in [1.807, 2.05) is 0 Å². The minimum absolute atomic E-state index is 0.0262. The molecule has 1 rings (SSSR count). The Balaban J connectivity index is 2.78. The van der Waals surface area contributed by atoms with E-state index in [1.165, 1.54) is 0 Å². The lowest BCUT2D eigenvalue weighted by Gasteiger charge is -2.20. The van der Waals surface area contributed by atoms with E-state index in [0.717, 1.165) is 10.6 Å². The Kier molecular flexibility index (Phi) is 4.56. The van der Waals surface area contributed by atoms with Crippen LogP contribution >= 0.6 is 0 Å². The first-order valence-corrected chi connectivity index (χ1v) is 8.96. The molecule has 0 amide bonds. The van der Waals surface area contributed by atoms with Crippen LogP contribution in [-0.4, -0.2) is 56.1 Å². The zero-order chi connectivity index (χ0) is 14.0. The van der Waals surface area contributed by atoms with Gasteiger partial charge in [-0.3, -0.25) is 0 Å². The summed E-state index contributed by atoms with van der Waals surface area (Å²) in [6.45, 7) is 0.0262. The third kappa shape index (κ3) is 4.78. The van der Waals surface area contributed by atoms with Gasteiger partial charge in [-0.1, -0.05) is 5.16 Å². The Hall–Kier alpha value is -0.870. The minimum Gasteiger partial charge on any atom is -0.409 e. The lowest BCUT2D eigenvalue weighted by atomic mass is 10.4. The Labute approximate surface area is 106 Å². The summed E-state index contributed by atoms with van der Waals surface area (Å²) in [5, 5.41) is 10.2. The summed E-state index contributed by atoms with van der Waals surface area (Å²) in [6.07, 6.45) is 2.35. The van der Waals surface area contributed by atoms with Crippen molar-refractivity contribution in [1.29, 1.82) is 0 Å². The highest BCUT2D eigenvalue weighted by Crippen LogP contribution is 2.29. The van der Waals surface area contributed by atoms with E-state index in [4.69, 9.17) is 10.9 Å². The Morgan fingerprint density at radius 2 is 1.94 bits per heavy atom. The van der Waals surface area contributed by atoms with Gasteiger partial charge in [0.05, 0.1) is 0 Å². The molecule has 0 aromatic heterocycles. The van der Waals surface area contributed by atoms with Crippen LogP contribution < -0.4 is 5.73 Å². The zero-order valence-electron chi connectivity index (χ0n) is 9.98. The van der Waals surface area contributed by atoms with Gasteiger partial charge in [0.15, 0.2) is 14.9 Å². The van der Waals surface area contributed by atoms with E-state index in [-0.39, 0.29) is 24.8 Å². The first-order chi connectivity index (χ1) is 8.15. The lowest BCUT2D eigenvalue weighted by Crippen LogP contribution is -2.39. The Bertz CT molecular complexity index is 521. The second-order valence-electron chi connectivity index (χ2n) is 4.34. The smallest absolute Gasteiger partial charge is 0.228 e. The number of nitrogens with two attached hydrogens (primary N) is 1. The molecule has 0 radical (unpaired) electrons. The molecular weight excluding hydrogens is 282 g/mol. The minimum atomic E-state index is -3.87. The second-order valence-corrected chi connectivity index (χ2v) is 8.77. The van der Waals surface area contributed by atoms with Crippen LogP contribution in [0.1, 0.15) is 19.3 Å². The van der Waals surface area contributed by atoms with Crippen molar-refractivity contribution in [2.45, 2.75) is 25.3 Å². The summed E-state index contributed by atoms with van der Waals surface area (Å²) < 4.78 is 47.2. The predicted octanol–water partition coefficient (Wildman–Crippen LogP) is -1.08. The fourth-order valence-electron chi connectivity index (χ4n) is 1.52. The summed E-state index contributed by atoms with van der Waals surface area (Å²) in [6, 6.07) is -0.164. The van der Waals surface area contributed by atoms with Crippen LogP contribution in [0.25, 0.3) is 0 Å². The molecule has 0 aromatic carbocycles. The maximum Gasteiger partial charge on any atom is 0.228 e. The molecule has 0 bridgehead atoms. The number of hydrogen-bond donors (Lipinski definition) is 2. The third-order valence-corrected chi connectivity index (χ3v) is 6.49. The SMILES string of the molecule is CS(=O)(=O)CS(=O)(=O)N(CCC(N)=NO)C1CC1. The molecule has 106 valence electrons. The highest BCUT2D eigenvalue weighted by molar-refractivity contribution is 8.06. The van der Waals surface area contributed by atoms with Gasteiger partial charge < -0.3 is 10.9 Å². The fraction of sp³-hybridized carbons (Fsp3) is 0.875. The molecule has 10 heteroatoms. The van der Waals surface area contributed by atoms with Crippen LogP contribution in [0.2, 0.25) is 0 Å². The average molecular weight is 299 g/mol. The number of amidine groups is 1. The zero-order valence-corrected chi connectivity index (χ0v) is 11.6. The fourth-order valence-corrected chi connectivity index (χ4v) is 5.26. The molecule has 0 unspecified atom stereocenters. The maximum atomic E-state index is 11.9. The summed E-state index contributed by atoms with van der Waals surface area (Å²) in [4.78, 5) is 0. The van der Waals surface area contributed by atoms with Gasteiger partial charge in [0, 0.05) is 25.3 Å². The summed E-state index contributed by atoms with van der Waals surface area (Å²) in [5.74, 6) is -0.0878. The largest absolute Gasteiger partial charge is 0.409 e. The molecule has 1 fully saturated rings. The summed E-state index contributed by atoms with van der Waals surface area (Å²) >= 11 is 0. The maximum absolute atomic E-state index is 11.9. The first kappa shape index (κ1) is 15.2. The van der Waals surface area contributed by atoms with Gasteiger partial charge in [-0.05, 0) is 12.8 Å². The van der Waals surface area contributed by atoms with Gasteiger partial charge in [0.1, 0.15) is 5.84 Å². The molecule has 3 N–H and O–H groups in total. The van der Waals surface area contributed by atoms with Crippen LogP contribution in [-0.2, 0) is 19.9 Å². The molecule has 1 saturated carbocycles. The van der Waals surface area contributed by atoms with Crippen molar-refractivity contribution in [1.82, 2.24) is 4.31 Å². The Morgan fingerprint density at radius 1 is 1.39 bits per heavy atom.